The van der Waals surface area contributed by atoms with Gasteiger partial charge in [0.2, 0.25) is 0 Å². The average Bonchev–Trinajstić information content (AvgIpc) is 2.57. The van der Waals surface area contributed by atoms with Crippen molar-refractivity contribution in [1.82, 2.24) is 0 Å². The monoisotopic (exact) mass is 323 g/mol. The fraction of sp³-hybridized carbons (Fsp3) is 0.238. The third-order valence-corrected chi connectivity index (χ3v) is 4.75. The molecule has 1 nitrogen and oxygen atoms in total. The zero-order valence-electron chi connectivity index (χ0n) is 13.6. The van der Waals surface area contributed by atoms with Crippen LogP contribution in [-0.2, 0) is 5.54 Å². The smallest absolute Gasteiger partial charge is 0.0637 e. The number of nitrogens with one attached hydrogen (secondary N) is 1. The molecule has 1 N–H and O–H groups in total. The molecule has 0 saturated carbocycles. The van der Waals surface area contributed by atoms with E-state index in [1.165, 1.54) is 16.3 Å². The summed E-state index contributed by atoms with van der Waals surface area (Å²) in [5, 5.41) is 7.03. The van der Waals surface area contributed by atoms with Gasteiger partial charge in [0.05, 0.1) is 16.2 Å². The second kappa shape index (κ2) is 6.64. The van der Waals surface area contributed by atoms with Crippen LogP contribution >= 0.6 is 11.6 Å². The number of benzene rings is 3. The summed E-state index contributed by atoms with van der Waals surface area (Å²) >= 11 is 6.37. The first kappa shape index (κ1) is 15.9. The maximum Gasteiger partial charge on any atom is 0.0637 e. The van der Waals surface area contributed by atoms with E-state index < -0.39 is 0 Å². The van der Waals surface area contributed by atoms with Crippen molar-refractivity contribution in [3.05, 3.63) is 77.3 Å². The first-order valence-electron chi connectivity index (χ1n) is 8.15. The SMILES string of the molecule is CCC[C@@](C)(Nc1ccccc1Cl)c1cccc2ccccc12. The Morgan fingerprint density at radius 1 is 0.913 bits per heavy atom. The molecule has 3 rings (SSSR count). The summed E-state index contributed by atoms with van der Waals surface area (Å²) in [6, 6.07) is 23.0. The lowest BCUT2D eigenvalue weighted by Crippen LogP contribution is -2.32. The fourth-order valence-electron chi connectivity index (χ4n) is 3.33. The van der Waals surface area contributed by atoms with E-state index >= 15 is 0 Å². The van der Waals surface area contributed by atoms with E-state index in [9.17, 15) is 0 Å². The number of hydrogen-bond donors (Lipinski definition) is 1. The molecule has 0 spiro atoms. The van der Waals surface area contributed by atoms with E-state index in [2.05, 4.69) is 61.6 Å². The minimum atomic E-state index is -0.166. The summed E-state index contributed by atoms with van der Waals surface area (Å²) in [5.74, 6) is 0. The van der Waals surface area contributed by atoms with E-state index in [-0.39, 0.29) is 5.54 Å². The van der Waals surface area contributed by atoms with Gasteiger partial charge in [0.15, 0.2) is 0 Å². The molecular weight excluding hydrogens is 302 g/mol. The van der Waals surface area contributed by atoms with Crippen molar-refractivity contribution >= 4 is 28.1 Å². The first-order chi connectivity index (χ1) is 11.1. The highest BCUT2D eigenvalue weighted by atomic mass is 35.5. The summed E-state index contributed by atoms with van der Waals surface area (Å²) in [4.78, 5) is 0. The molecule has 0 aromatic heterocycles. The first-order valence-corrected chi connectivity index (χ1v) is 8.53. The van der Waals surface area contributed by atoms with Gasteiger partial charge in [-0.1, -0.05) is 79.5 Å². The van der Waals surface area contributed by atoms with E-state index in [0.717, 1.165) is 23.6 Å². The molecule has 3 aromatic rings. The Morgan fingerprint density at radius 3 is 2.39 bits per heavy atom. The van der Waals surface area contributed by atoms with Crippen molar-refractivity contribution in [3.63, 3.8) is 0 Å². The van der Waals surface area contributed by atoms with Gasteiger partial charge in [-0.25, -0.2) is 0 Å². The lowest BCUT2D eigenvalue weighted by Gasteiger charge is -2.34. The minimum Gasteiger partial charge on any atom is -0.375 e. The number of halogens is 1. The largest absolute Gasteiger partial charge is 0.375 e. The topological polar surface area (TPSA) is 12.0 Å². The van der Waals surface area contributed by atoms with Crippen LogP contribution in [-0.4, -0.2) is 0 Å². The Hall–Kier alpha value is -1.99. The highest BCUT2D eigenvalue weighted by Crippen LogP contribution is 2.37. The second-order valence-electron chi connectivity index (χ2n) is 6.21. The highest BCUT2D eigenvalue weighted by molar-refractivity contribution is 6.33. The van der Waals surface area contributed by atoms with Crippen LogP contribution in [0.15, 0.2) is 66.7 Å². The normalized spacial score (nSPS) is 13.7. The summed E-state index contributed by atoms with van der Waals surface area (Å²) in [7, 11) is 0. The van der Waals surface area contributed by atoms with Gasteiger partial charge in [-0.05, 0) is 41.8 Å². The fourth-order valence-corrected chi connectivity index (χ4v) is 3.51. The van der Waals surface area contributed by atoms with Crippen LogP contribution in [0.1, 0.15) is 32.3 Å². The number of anilines is 1. The average molecular weight is 324 g/mol. The van der Waals surface area contributed by atoms with Gasteiger partial charge >= 0.3 is 0 Å². The number of hydrogen-bond acceptors (Lipinski definition) is 1. The molecule has 0 bridgehead atoms. The van der Waals surface area contributed by atoms with Crippen LogP contribution in [0, 0.1) is 0 Å². The molecule has 1 atom stereocenters. The van der Waals surface area contributed by atoms with Gasteiger partial charge in [-0.3, -0.25) is 0 Å². The summed E-state index contributed by atoms with van der Waals surface area (Å²) in [6.07, 6.45) is 2.13. The maximum absolute atomic E-state index is 6.37. The molecule has 0 aliphatic rings. The van der Waals surface area contributed by atoms with E-state index in [1.807, 2.05) is 24.3 Å². The Balaban J connectivity index is 2.11. The van der Waals surface area contributed by atoms with Gasteiger partial charge < -0.3 is 5.32 Å². The highest BCUT2D eigenvalue weighted by Gasteiger charge is 2.27. The quantitative estimate of drug-likeness (QED) is 0.556. The number of rotatable bonds is 5. The Labute approximate surface area is 143 Å². The standard InChI is InChI=1S/C21H22ClN/c1-3-15-21(2,23-20-14-7-6-13-19(20)22)18-12-8-10-16-9-4-5-11-17(16)18/h4-14,23H,3,15H2,1-2H3/t21-/m1/s1. The molecule has 2 heteroatoms. The van der Waals surface area contributed by atoms with Crippen molar-refractivity contribution in [3.8, 4) is 0 Å². The van der Waals surface area contributed by atoms with Crippen LogP contribution < -0.4 is 5.32 Å². The molecule has 0 fully saturated rings. The van der Waals surface area contributed by atoms with Crippen molar-refractivity contribution < 1.29 is 0 Å². The second-order valence-corrected chi connectivity index (χ2v) is 6.62. The third kappa shape index (κ3) is 3.20. The molecule has 3 aromatic carbocycles. The van der Waals surface area contributed by atoms with Gasteiger partial charge in [0, 0.05) is 0 Å². The molecule has 0 saturated heterocycles. The van der Waals surface area contributed by atoms with Gasteiger partial charge in [0.25, 0.3) is 0 Å². The van der Waals surface area contributed by atoms with Gasteiger partial charge in [-0.15, -0.1) is 0 Å². The molecule has 23 heavy (non-hydrogen) atoms. The maximum atomic E-state index is 6.37. The molecule has 0 aliphatic heterocycles. The van der Waals surface area contributed by atoms with E-state index in [1.54, 1.807) is 0 Å². The lowest BCUT2D eigenvalue weighted by atomic mass is 9.84. The van der Waals surface area contributed by atoms with Crippen LogP contribution in [0.25, 0.3) is 10.8 Å². The van der Waals surface area contributed by atoms with E-state index in [4.69, 9.17) is 11.6 Å². The van der Waals surface area contributed by atoms with Crippen LogP contribution in [0.3, 0.4) is 0 Å². The van der Waals surface area contributed by atoms with Crippen molar-refractivity contribution in [2.24, 2.45) is 0 Å². The molecule has 118 valence electrons. The van der Waals surface area contributed by atoms with Crippen molar-refractivity contribution in [2.75, 3.05) is 5.32 Å². The molecule has 0 heterocycles. The summed E-state index contributed by atoms with van der Waals surface area (Å²) in [6.45, 7) is 4.49. The predicted octanol–water partition coefficient (Wildman–Crippen LogP) is 6.62. The third-order valence-electron chi connectivity index (χ3n) is 4.42. The Morgan fingerprint density at radius 2 is 1.61 bits per heavy atom. The van der Waals surface area contributed by atoms with Crippen molar-refractivity contribution in [1.29, 1.82) is 0 Å². The Bertz CT molecular complexity index is 806. The van der Waals surface area contributed by atoms with Gasteiger partial charge in [0.1, 0.15) is 0 Å². The van der Waals surface area contributed by atoms with Crippen molar-refractivity contribution in [2.45, 2.75) is 32.2 Å². The van der Waals surface area contributed by atoms with E-state index in [0.29, 0.717) is 0 Å². The van der Waals surface area contributed by atoms with Crippen LogP contribution in [0.2, 0.25) is 5.02 Å². The summed E-state index contributed by atoms with van der Waals surface area (Å²) in [5.41, 5.74) is 2.14. The molecule has 0 amide bonds. The molecular formula is C21H22ClN. The zero-order valence-corrected chi connectivity index (χ0v) is 14.4. The number of fused-ring (bicyclic) bond motifs is 1. The van der Waals surface area contributed by atoms with Crippen LogP contribution in [0.4, 0.5) is 5.69 Å². The number of para-hydroxylation sites is 1. The summed E-state index contributed by atoms with van der Waals surface area (Å²) < 4.78 is 0. The molecule has 0 radical (unpaired) electrons. The lowest BCUT2D eigenvalue weighted by molar-refractivity contribution is 0.492. The Kier molecular flexibility index (Phi) is 4.58. The molecule has 0 aliphatic carbocycles. The van der Waals surface area contributed by atoms with Gasteiger partial charge in [-0.2, -0.15) is 0 Å². The molecule has 0 unspecified atom stereocenters. The van der Waals surface area contributed by atoms with Crippen LogP contribution in [0.5, 0.6) is 0 Å². The minimum absolute atomic E-state index is 0.166. The zero-order chi connectivity index (χ0) is 16.3. The predicted molar refractivity (Wildman–Crippen MR) is 101 cm³/mol.